The number of aromatic nitrogens is 1. The minimum atomic E-state index is -0.749. The van der Waals surface area contributed by atoms with E-state index in [1.165, 1.54) is 4.57 Å². The number of nitrogens with one attached hydrogen (secondary N) is 2. The Bertz CT molecular complexity index is 1270. The highest BCUT2D eigenvalue weighted by Crippen LogP contribution is 2.24. The molecule has 0 bridgehead atoms. The van der Waals surface area contributed by atoms with E-state index in [2.05, 4.69) is 16.7 Å². The Labute approximate surface area is 217 Å². The number of rotatable bonds is 13. The van der Waals surface area contributed by atoms with Crippen LogP contribution in [0.1, 0.15) is 32.3 Å². The van der Waals surface area contributed by atoms with E-state index in [4.69, 9.17) is 9.15 Å². The second-order valence-electron chi connectivity index (χ2n) is 9.39. The first-order valence-electron chi connectivity index (χ1n) is 12.6. The van der Waals surface area contributed by atoms with E-state index < -0.39 is 24.0 Å². The number of carbonyl (C=O) groups excluding carboxylic acids is 1. The van der Waals surface area contributed by atoms with E-state index >= 15 is 0 Å². The van der Waals surface area contributed by atoms with Crippen molar-refractivity contribution < 1.29 is 19.1 Å². The van der Waals surface area contributed by atoms with Gasteiger partial charge in [-0.25, -0.2) is 4.79 Å². The fraction of sp³-hybridized carbons (Fsp3) is 0.464. The van der Waals surface area contributed by atoms with Crippen LogP contribution in [-0.4, -0.2) is 54.0 Å². The minimum Gasteiger partial charge on any atom is -0.408 e. The highest BCUT2D eigenvalue weighted by molar-refractivity contribution is 5.82. The van der Waals surface area contributed by atoms with Gasteiger partial charge in [-0.05, 0) is 54.8 Å². The lowest BCUT2D eigenvalue weighted by Gasteiger charge is -2.25. The molecule has 0 fully saturated rings. The maximum Gasteiger partial charge on any atom is 0.419 e. The summed E-state index contributed by atoms with van der Waals surface area (Å²) in [6, 6.07) is 14.8. The second kappa shape index (κ2) is 13.2. The van der Waals surface area contributed by atoms with Crippen molar-refractivity contribution in [3.63, 3.8) is 0 Å². The number of hydrogen-bond acceptors (Lipinski definition) is 7. The molecule has 3 aromatic rings. The number of nitrogens with zero attached hydrogens (tertiary/aromatic N) is 2. The molecule has 9 heteroatoms. The minimum absolute atomic E-state index is 0.0571. The fourth-order valence-corrected chi connectivity index (χ4v) is 4.08. The SMILES string of the molecule is CCC(C)[C@H](OCC(O)CCNC)C(=O)N[C@H](C#N)Cc1ccc(-c2ccc3oc(=O)n(C)c3c2)cc1. The van der Waals surface area contributed by atoms with Crippen LogP contribution in [0.25, 0.3) is 22.2 Å². The van der Waals surface area contributed by atoms with Crippen LogP contribution >= 0.6 is 0 Å². The summed E-state index contributed by atoms with van der Waals surface area (Å²) in [5.74, 6) is -0.822. The number of oxazole rings is 1. The van der Waals surface area contributed by atoms with Crippen molar-refractivity contribution in [2.45, 2.75) is 51.4 Å². The maximum absolute atomic E-state index is 13.0. The van der Waals surface area contributed by atoms with Gasteiger partial charge in [0.1, 0.15) is 12.1 Å². The summed E-state index contributed by atoms with van der Waals surface area (Å²) in [6.45, 7) is 4.60. The number of hydrogen-bond donors (Lipinski definition) is 3. The monoisotopic (exact) mass is 508 g/mol. The van der Waals surface area contributed by atoms with Gasteiger partial charge < -0.3 is 24.9 Å². The van der Waals surface area contributed by atoms with Gasteiger partial charge in [0, 0.05) is 13.5 Å². The Kier molecular flexibility index (Phi) is 10.0. The second-order valence-corrected chi connectivity index (χ2v) is 9.39. The highest BCUT2D eigenvalue weighted by Gasteiger charge is 2.27. The fourth-order valence-electron chi connectivity index (χ4n) is 4.08. The maximum atomic E-state index is 13.0. The molecule has 0 radical (unpaired) electrons. The van der Waals surface area contributed by atoms with Crippen molar-refractivity contribution in [1.29, 1.82) is 5.26 Å². The first kappa shape index (κ1) is 28.1. The molecular formula is C28H36N4O5. The Morgan fingerprint density at radius 3 is 2.57 bits per heavy atom. The van der Waals surface area contributed by atoms with Gasteiger partial charge in [-0.3, -0.25) is 9.36 Å². The molecule has 0 saturated heterocycles. The lowest BCUT2D eigenvalue weighted by atomic mass is 9.99. The summed E-state index contributed by atoms with van der Waals surface area (Å²) < 4.78 is 12.4. The predicted octanol–water partition coefficient (Wildman–Crippen LogP) is 2.75. The molecule has 9 nitrogen and oxygen atoms in total. The first-order valence-corrected chi connectivity index (χ1v) is 12.6. The van der Waals surface area contributed by atoms with Gasteiger partial charge >= 0.3 is 5.76 Å². The van der Waals surface area contributed by atoms with Gasteiger partial charge in [-0.15, -0.1) is 0 Å². The van der Waals surface area contributed by atoms with Crippen molar-refractivity contribution in [3.05, 3.63) is 58.6 Å². The summed E-state index contributed by atoms with van der Waals surface area (Å²) in [6.07, 6.45) is 0.172. The third kappa shape index (κ3) is 7.29. The molecule has 198 valence electrons. The van der Waals surface area contributed by atoms with Crippen LogP contribution in [0.4, 0.5) is 0 Å². The summed E-state index contributed by atoms with van der Waals surface area (Å²) >= 11 is 0. The number of ether oxygens (including phenoxy) is 1. The topological polar surface area (TPSA) is 130 Å². The molecule has 0 aliphatic heterocycles. The number of fused-ring (bicyclic) bond motifs is 1. The smallest absolute Gasteiger partial charge is 0.408 e. The Hall–Kier alpha value is -3.45. The van der Waals surface area contributed by atoms with Crippen molar-refractivity contribution >= 4 is 17.0 Å². The van der Waals surface area contributed by atoms with Crippen LogP contribution in [0.2, 0.25) is 0 Å². The van der Waals surface area contributed by atoms with Gasteiger partial charge in [0.2, 0.25) is 5.91 Å². The van der Waals surface area contributed by atoms with Gasteiger partial charge in [0.05, 0.1) is 24.3 Å². The number of aliphatic hydroxyl groups is 1. The van der Waals surface area contributed by atoms with Crippen molar-refractivity contribution in [2.75, 3.05) is 20.2 Å². The number of benzene rings is 2. The number of amides is 1. The quantitative estimate of drug-likeness (QED) is 0.324. The van der Waals surface area contributed by atoms with Gasteiger partial charge in [0.25, 0.3) is 0 Å². The molecule has 0 aliphatic rings. The first-order chi connectivity index (χ1) is 17.8. The highest BCUT2D eigenvalue weighted by atomic mass is 16.5. The Morgan fingerprint density at radius 1 is 1.22 bits per heavy atom. The standard InChI is InChI=1S/C28H36N4O5/c1-5-18(2)26(36-17-23(33)12-13-30-3)27(34)31-22(16-29)14-19-6-8-20(9-7-19)21-10-11-25-24(15-21)32(4)28(35)37-25/h6-11,15,18,22-23,26,30,33H,5,12-14,17H2,1-4H3,(H,31,34)/t18?,22-,23?,26-/m0/s1. The molecule has 4 atom stereocenters. The van der Waals surface area contributed by atoms with E-state index in [0.717, 1.165) is 23.1 Å². The molecule has 0 spiro atoms. The predicted molar refractivity (Wildman–Crippen MR) is 142 cm³/mol. The van der Waals surface area contributed by atoms with Crippen LogP contribution in [0.5, 0.6) is 0 Å². The third-order valence-corrected chi connectivity index (χ3v) is 6.61. The van der Waals surface area contributed by atoms with Crippen molar-refractivity contribution in [1.82, 2.24) is 15.2 Å². The number of aryl methyl sites for hydroxylation is 1. The van der Waals surface area contributed by atoms with E-state index in [9.17, 15) is 20.0 Å². The molecule has 1 heterocycles. The van der Waals surface area contributed by atoms with Crippen LogP contribution in [0, 0.1) is 17.2 Å². The van der Waals surface area contributed by atoms with E-state index in [1.54, 1.807) is 13.1 Å². The summed E-state index contributed by atoms with van der Waals surface area (Å²) in [5.41, 5.74) is 4.04. The van der Waals surface area contributed by atoms with E-state index in [-0.39, 0.29) is 18.4 Å². The average Bonchev–Trinajstić information content (AvgIpc) is 3.19. The van der Waals surface area contributed by atoms with Crippen molar-refractivity contribution in [3.8, 4) is 17.2 Å². The van der Waals surface area contributed by atoms with Crippen LogP contribution < -0.4 is 16.4 Å². The lowest BCUT2D eigenvalue weighted by molar-refractivity contribution is -0.139. The molecule has 0 aliphatic carbocycles. The van der Waals surface area contributed by atoms with E-state index in [1.807, 2.05) is 57.3 Å². The molecule has 1 aromatic heterocycles. The Morgan fingerprint density at radius 2 is 1.92 bits per heavy atom. The van der Waals surface area contributed by atoms with Crippen LogP contribution in [0.15, 0.2) is 51.7 Å². The molecule has 2 aromatic carbocycles. The molecule has 37 heavy (non-hydrogen) atoms. The van der Waals surface area contributed by atoms with Gasteiger partial charge in [-0.1, -0.05) is 50.6 Å². The van der Waals surface area contributed by atoms with Crippen LogP contribution in [0.3, 0.4) is 0 Å². The zero-order chi connectivity index (χ0) is 26.9. The number of nitriles is 1. The average molecular weight is 509 g/mol. The molecule has 3 rings (SSSR count). The Balaban J connectivity index is 1.64. The molecule has 2 unspecified atom stereocenters. The number of aliphatic hydroxyl groups excluding tert-OH is 1. The molecular weight excluding hydrogens is 472 g/mol. The van der Waals surface area contributed by atoms with Gasteiger partial charge in [-0.2, -0.15) is 5.26 Å². The largest absolute Gasteiger partial charge is 0.419 e. The number of carbonyl (C=O) groups is 1. The van der Waals surface area contributed by atoms with Gasteiger partial charge in [0.15, 0.2) is 5.58 Å². The molecule has 0 saturated carbocycles. The van der Waals surface area contributed by atoms with E-state index in [0.29, 0.717) is 30.5 Å². The van der Waals surface area contributed by atoms with Crippen LogP contribution in [-0.2, 0) is 23.0 Å². The molecule has 3 N–H and O–H groups in total. The summed E-state index contributed by atoms with van der Waals surface area (Å²) in [4.78, 5) is 24.7. The summed E-state index contributed by atoms with van der Waals surface area (Å²) in [7, 11) is 3.48. The normalized spacial score (nSPS) is 14.6. The summed E-state index contributed by atoms with van der Waals surface area (Å²) in [5, 5.41) is 25.6. The zero-order valence-corrected chi connectivity index (χ0v) is 21.9. The lowest BCUT2D eigenvalue weighted by Crippen LogP contribution is -2.46. The third-order valence-electron chi connectivity index (χ3n) is 6.61. The zero-order valence-electron chi connectivity index (χ0n) is 21.9. The van der Waals surface area contributed by atoms with Crippen molar-refractivity contribution in [2.24, 2.45) is 13.0 Å². The molecule has 1 amide bonds.